The third-order valence-electron chi connectivity index (χ3n) is 3.68. The molecule has 108 valence electrons. The van der Waals surface area contributed by atoms with Gasteiger partial charge in [-0.1, -0.05) is 30.3 Å². The maximum Gasteiger partial charge on any atom is 0.312 e. The highest BCUT2D eigenvalue weighted by Gasteiger charge is 2.32. The molecule has 0 aromatic heterocycles. The van der Waals surface area contributed by atoms with Crippen LogP contribution in [0.15, 0.2) is 42.5 Å². The number of hydrogen-bond acceptors (Lipinski definition) is 4. The molecule has 0 N–H and O–H groups in total. The van der Waals surface area contributed by atoms with Gasteiger partial charge in [0.25, 0.3) is 0 Å². The van der Waals surface area contributed by atoms with Crippen molar-refractivity contribution in [1.29, 1.82) is 0 Å². The van der Waals surface area contributed by atoms with Crippen molar-refractivity contribution in [1.82, 2.24) is 0 Å². The average molecular weight is 284 g/mol. The van der Waals surface area contributed by atoms with Crippen molar-refractivity contribution >= 4 is 5.97 Å². The van der Waals surface area contributed by atoms with Gasteiger partial charge in [-0.2, -0.15) is 0 Å². The average Bonchev–Trinajstić information content (AvgIpc) is 2.53. The normalized spacial score (nSPS) is 16.9. The summed E-state index contributed by atoms with van der Waals surface area (Å²) < 4.78 is 16.1. The van der Waals surface area contributed by atoms with Gasteiger partial charge in [0.1, 0.15) is 17.2 Å². The van der Waals surface area contributed by atoms with Crippen molar-refractivity contribution in [3.8, 4) is 17.2 Å². The summed E-state index contributed by atoms with van der Waals surface area (Å²) in [4.78, 5) is 11.9. The highest BCUT2D eigenvalue weighted by atomic mass is 16.5. The van der Waals surface area contributed by atoms with Crippen LogP contribution < -0.4 is 14.2 Å². The molecule has 1 atom stereocenters. The van der Waals surface area contributed by atoms with Crippen molar-refractivity contribution in [2.24, 2.45) is 0 Å². The minimum atomic E-state index is -0.244. The summed E-state index contributed by atoms with van der Waals surface area (Å²) >= 11 is 0. The molecule has 4 nitrogen and oxygen atoms in total. The predicted molar refractivity (Wildman–Crippen MR) is 78.1 cm³/mol. The molecule has 0 saturated carbocycles. The second-order valence-electron chi connectivity index (χ2n) is 4.88. The van der Waals surface area contributed by atoms with Crippen molar-refractivity contribution in [3.63, 3.8) is 0 Å². The Morgan fingerprint density at radius 1 is 1.10 bits per heavy atom. The van der Waals surface area contributed by atoms with Crippen molar-refractivity contribution in [3.05, 3.63) is 53.6 Å². The molecule has 1 aliphatic rings. The molecule has 0 radical (unpaired) electrons. The topological polar surface area (TPSA) is 44.8 Å². The lowest BCUT2D eigenvalue weighted by Gasteiger charge is -2.27. The van der Waals surface area contributed by atoms with E-state index in [4.69, 9.17) is 14.2 Å². The van der Waals surface area contributed by atoms with Crippen LogP contribution in [-0.2, 0) is 4.79 Å². The number of rotatable bonds is 3. The predicted octanol–water partition coefficient (Wildman–Crippen LogP) is 3.14. The van der Waals surface area contributed by atoms with E-state index in [0.29, 0.717) is 23.7 Å². The minimum Gasteiger partial charge on any atom is -0.496 e. The zero-order chi connectivity index (χ0) is 14.8. The van der Waals surface area contributed by atoms with Gasteiger partial charge in [0.05, 0.1) is 20.6 Å². The SMILES string of the molecule is COc1cc(OC)c2c(c1)OC(=O)C[C@@H]2c1ccccc1. The molecule has 0 saturated heterocycles. The summed E-state index contributed by atoms with van der Waals surface area (Å²) in [6.07, 6.45) is 0.305. The molecular weight excluding hydrogens is 268 g/mol. The molecule has 0 amide bonds. The zero-order valence-corrected chi connectivity index (χ0v) is 12.0. The van der Waals surface area contributed by atoms with Crippen LogP contribution in [0.3, 0.4) is 0 Å². The van der Waals surface area contributed by atoms with Gasteiger partial charge < -0.3 is 14.2 Å². The van der Waals surface area contributed by atoms with Crippen LogP contribution in [-0.4, -0.2) is 20.2 Å². The van der Waals surface area contributed by atoms with Gasteiger partial charge >= 0.3 is 5.97 Å². The number of methoxy groups -OCH3 is 2. The molecule has 0 bridgehead atoms. The van der Waals surface area contributed by atoms with Gasteiger partial charge in [-0.3, -0.25) is 4.79 Å². The van der Waals surface area contributed by atoms with Gasteiger partial charge in [-0.15, -0.1) is 0 Å². The van der Waals surface area contributed by atoms with Crippen LogP contribution in [0.5, 0.6) is 17.2 Å². The van der Waals surface area contributed by atoms with Gasteiger partial charge in [0.15, 0.2) is 0 Å². The summed E-state index contributed by atoms with van der Waals surface area (Å²) in [5, 5.41) is 0. The molecule has 2 aromatic carbocycles. The largest absolute Gasteiger partial charge is 0.496 e. The standard InChI is InChI=1S/C17H16O4/c1-19-12-8-14(20-2)17-13(11-6-4-3-5-7-11)10-16(18)21-15(17)9-12/h3-9,13H,10H2,1-2H3/t13-/m1/s1. The van der Waals surface area contributed by atoms with E-state index in [0.717, 1.165) is 11.1 Å². The van der Waals surface area contributed by atoms with Crippen molar-refractivity contribution in [2.75, 3.05) is 14.2 Å². The second-order valence-corrected chi connectivity index (χ2v) is 4.88. The number of esters is 1. The molecule has 2 aromatic rings. The molecular formula is C17H16O4. The van der Waals surface area contributed by atoms with E-state index in [-0.39, 0.29) is 11.9 Å². The Kier molecular flexibility index (Phi) is 3.52. The molecule has 4 heteroatoms. The van der Waals surface area contributed by atoms with Crippen LogP contribution in [0.1, 0.15) is 23.5 Å². The molecule has 3 rings (SSSR count). The van der Waals surface area contributed by atoms with Crippen LogP contribution >= 0.6 is 0 Å². The Hall–Kier alpha value is -2.49. The zero-order valence-electron chi connectivity index (χ0n) is 12.0. The highest BCUT2D eigenvalue weighted by molar-refractivity contribution is 5.79. The van der Waals surface area contributed by atoms with Crippen LogP contribution in [0.4, 0.5) is 0 Å². The number of carbonyl (C=O) groups excluding carboxylic acids is 1. The third-order valence-corrected chi connectivity index (χ3v) is 3.68. The number of fused-ring (bicyclic) bond motifs is 1. The van der Waals surface area contributed by atoms with E-state index >= 15 is 0 Å². The van der Waals surface area contributed by atoms with E-state index < -0.39 is 0 Å². The number of hydrogen-bond donors (Lipinski definition) is 0. The van der Waals surface area contributed by atoms with E-state index in [2.05, 4.69) is 0 Å². The number of ether oxygens (including phenoxy) is 3. The Balaban J connectivity index is 2.17. The van der Waals surface area contributed by atoms with Crippen molar-refractivity contribution < 1.29 is 19.0 Å². The van der Waals surface area contributed by atoms with Crippen LogP contribution in [0.2, 0.25) is 0 Å². The first-order chi connectivity index (χ1) is 10.2. The quantitative estimate of drug-likeness (QED) is 0.641. The second kappa shape index (κ2) is 5.48. The first kappa shape index (κ1) is 13.5. The lowest BCUT2D eigenvalue weighted by molar-refractivity contribution is -0.135. The van der Waals surface area contributed by atoms with Crippen molar-refractivity contribution in [2.45, 2.75) is 12.3 Å². The monoisotopic (exact) mass is 284 g/mol. The van der Waals surface area contributed by atoms with Gasteiger partial charge in [-0.05, 0) is 5.56 Å². The van der Waals surface area contributed by atoms with Crippen LogP contribution in [0, 0.1) is 0 Å². The van der Waals surface area contributed by atoms with Gasteiger partial charge in [-0.25, -0.2) is 0 Å². The van der Waals surface area contributed by atoms with Gasteiger partial charge in [0, 0.05) is 23.6 Å². The summed E-state index contributed by atoms with van der Waals surface area (Å²) in [6, 6.07) is 13.4. The molecule has 21 heavy (non-hydrogen) atoms. The number of benzene rings is 2. The maximum atomic E-state index is 11.9. The highest BCUT2D eigenvalue weighted by Crippen LogP contribution is 2.46. The fourth-order valence-corrected chi connectivity index (χ4v) is 2.69. The molecule has 1 heterocycles. The molecule has 0 spiro atoms. The number of carbonyl (C=O) groups is 1. The molecule has 0 fully saturated rings. The molecule has 0 unspecified atom stereocenters. The summed E-state index contributed by atoms with van der Waals surface area (Å²) in [5.41, 5.74) is 1.96. The third kappa shape index (κ3) is 2.44. The lowest BCUT2D eigenvalue weighted by Crippen LogP contribution is -2.21. The lowest BCUT2D eigenvalue weighted by atomic mass is 9.85. The minimum absolute atomic E-state index is 0.0664. The van der Waals surface area contributed by atoms with Gasteiger partial charge in [0.2, 0.25) is 0 Å². The summed E-state index contributed by atoms with van der Waals surface area (Å²) in [5.74, 6) is 1.48. The van der Waals surface area contributed by atoms with E-state index in [1.807, 2.05) is 36.4 Å². The van der Waals surface area contributed by atoms with E-state index in [1.165, 1.54) is 0 Å². The summed E-state index contributed by atoms with van der Waals surface area (Å²) in [6.45, 7) is 0. The fourth-order valence-electron chi connectivity index (χ4n) is 2.69. The Morgan fingerprint density at radius 2 is 1.86 bits per heavy atom. The van der Waals surface area contributed by atoms with E-state index in [9.17, 15) is 4.79 Å². The smallest absolute Gasteiger partial charge is 0.312 e. The fraction of sp³-hybridized carbons (Fsp3) is 0.235. The first-order valence-electron chi connectivity index (χ1n) is 6.74. The van der Waals surface area contributed by atoms with E-state index in [1.54, 1.807) is 20.3 Å². The first-order valence-corrected chi connectivity index (χ1v) is 6.74. The van der Waals surface area contributed by atoms with Crippen LogP contribution in [0.25, 0.3) is 0 Å². The molecule has 1 aliphatic heterocycles. The summed E-state index contributed by atoms with van der Waals surface area (Å²) in [7, 11) is 3.17. The Labute approximate surface area is 123 Å². The molecule has 0 aliphatic carbocycles. The Morgan fingerprint density at radius 3 is 2.52 bits per heavy atom. The Bertz CT molecular complexity index is 664. The maximum absolute atomic E-state index is 11.9.